The van der Waals surface area contributed by atoms with Crippen LogP contribution in [0.4, 0.5) is 5.82 Å². The number of fused-ring (bicyclic) bond motifs is 1. The highest BCUT2D eigenvalue weighted by molar-refractivity contribution is 5.91. The summed E-state index contributed by atoms with van der Waals surface area (Å²) >= 11 is 0. The Kier molecular flexibility index (Phi) is 5.10. The van der Waals surface area contributed by atoms with Crippen LogP contribution in [0, 0.1) is 17.8 Å². The van der Waals surface area contributed by atoms with Crippen molar-refractivity contribution in [3.05, 3.63) is 65.9 Å². The fourth-order valence-electron chi connectivity index (χ4n) is 4.06. The number of piperidine rings is 1. The minimum absolute atomic E-state index is 0.139. The molecule has 2 aromatic rings. The average molecular weight is 376 g/mol. The van der Waals surface area contributed by atoms with Crippen molar-refractivity contribution in [2.75, 3.05) is 18.8 Å². The largest absolute Gasteiger partial charge is 0.384 e. The van der Waals surface area contributed by atoms with E-state index in [0.29, 0.717) is 30.7 Å². The van der Waals surface area contributed by atoms with Crippen LogP contribution in [0.3, 0.4) is 0 Å². The van der Waals surface area contributed by atoms with Gasteiger partial charge in [-0.1, -0.05) is 30.3 Å². The number of nitrogens with zero attached hydrogens (tertiary/aromatic N) is 2. The molecule has 3 N–H and O–H groups in total. The van der Waals surface area contributed by atoms with E-state index in [4.69, 9.17) is 5.73 Å². The first-order valence-corrected chi connectivity index (χ1v) is 9.62. The number of anilines is 1. The molecule has 1 aliphatic carbocycles. The Morgan fingerprint density at radius 2 is 2.07 bits per heavy atom. The second-order valence-electron chi connectivity index (χ2n) is 7.49. The van der Waals surface area contributed by atoms with Crippen molar-refractivity contribution >= 4 is 23.7 Å². The first-order chi connectivity index (χ1) is 13.6. The molecular formula is C22H24N4O2. The summed E-state index contributed by atoms with van der Waals surface area (Å²) in [4.78, 5) is 30.4. The Labute approximate surface area is 164 Å². The van der Waals surface area contributed by atoms with Crippen LogP contribution in [0.15, 0.2) is 54.7 Å². The van der Waals surface area contributed by atoms with Gasteiger partial charge in [-0.25, -0.2) is 4.98 Å². The van der Waals surface area contributed by atoms with Gasteiger partial charge in [-0.3, -0.25) is 9.59 Å². The van der Waals surface area contributed by atoms with Crippen molar-refractivity contribution in [1.29, 1.82) is 0 Å². The second-order valence-corrected chi connectivity index (χ2v) is 7.49. The number of pyridine rings is 1. The molecule has 1 saturated heterocycles. The molecule has 1 saturated carbocycles. The zero-order valence-electron chi connectivity index (χ0n) is 15.6. The molecule has 1 aromatic carbocycles. The van der Waals surface area contributed by atoms with E-state index in [1.165, 1.54) is 11.6 Å². The van der Waals surface area contributed by atoms with Gasteiger partial charge in [-0.15, -0.1) is 0 Å². The number of hydrogen-bond acceptors (Lipinski definition) is 4. The van der Waals surface area contributed by atoms with Crippen LogP contribution in [0.2, 0.25) is 0 Å². The first-order valence-electron chi connectivity index (χ1n) is 9.62. The molecule has 0 radical (unpaired) electrons. The van der Waals surface area contributed by atoms with Gasteiger partial charge in [0, 0.05) is 37.8 Å². The number of amides is 2. The lowest BCUT2D eigenvalue weighted by Crippen LogP contribution is -2.30. The van der Waals surface area contributed by atoms with Crippen molar-refractivity contribution in [1.82, 2.24) is 15.2 Å². The summed E-state index contributed by atoms with van der Waals surface area (Å²) in [5.41, 5.74) is 7.53. The number of likely N-dealkylation sites (tertiary alicyclic amines) is 1. The lowest BCUT2D eigenvalue weighted by molar-refractivity contribution is -0.131. The maximum Gasteiger partial charge on any atom is 0.244 e. The van der Waals surface area contributed by atoms with Crippen molar-refractivity contribution in [2.24, 2.45) is 17.8 Å². The maximum absolute atomic E-state index is 12.6. The van der Waals surface area contributed by atoms with E-state index in [2.05, 4.69) is 22.4 Å². The van der Waals surface area contributed by atoms with Crippen LogP contribution in [-0.2, 0) is 16.1 Å². The Bertz CT molecular complexity index is 879. The summed E-state index contributed by atoms with van der Waals surface area (Å²) < 4.78 is 0. The number of carbonyl (C=O) groups is 2. The van der Waals surface area contributed by atoms with Crippen molar-refractivity contribution < 1.29 is 9.59 Å². The van der Waals surface area contributed by atoms with E-state index in [9.17, 15) is 9.59 Å². The number of hydrogen-bond donors (Lipinski definition) is 2. The van der Waals surface area contributed by atoms with Gasteiger partial charge in [-0.05, 0) is 47.6 Å². The number of nitrogens with one attached hydrogen (secondary N) is 1. The number of rotatable bonds is 7. The monoisotopic (exact) mass is 376 g/mol. The lowest BCUT2D eigenvalue weighted by atomic mass is 10.1. The fraction of sp³-hybridized carbons (Fsp3) is 0.318. The lowest BCUT2D eigenvalue weighted by Gasteiger charge is -2.20. The summed E-state index contributed by atoms with van der Waals surface area (Å²) in [7, 11) is 0. The normalized spacial score (nSPS) is 23.1. The molecule has 1 aromatic heterocycles. The minimum Gasteiger partial charge on any atom is -0.384 e. The van der Waals surface area contributed by atoms with Crippen LogP contribution in [-0.4, -0.2) is 34.8 Å². The summed E-state index contributed by atoms with van der Waals surface area (Å²) in [6.45, 7) is 2.12. The molecule has 1 aliphatic heterocycles. The zero-order chi connectivity index (χ0) is 19.5. The van der Waals surface area contributed by atoms with E-state index in [1.807, 2.05) is 29.2 Å². The molecule has 0 spiro atoms. The van der Waals surface area contributed by atoms with E-state index < -0.39 is 0 Å². The standard InChI is InChI=1S/C22H24N4O2/c23-19-8-6-15(12-25-19)7-9-20(27)24-11-10-17-18-14-26(22(28)21(17)18)13-16-4-2-1-3-5-16/h1-9,12,17-18,21H,10-11,13-14H2,(H2,23,25)(H,24,27)/b9-7+. The molecule has 3 unspecified atom stereocenters. The smallest absolute Gasteiger partial charge is 0.244 e. The topological polar surface area (TPSA) is 88.3 Å². The molecule has 2 heterocycles. The second kappa shape index (κ2) is 7.84. The Balaban J connectivity index is 1.18. The highest BCUT2D eigenvalue weighted by Gasteiger charge is 2.60. The third kappa shape index (κ3) is 4.06. The maximum atomic E-state index is 12.6. The van der Waals surface area contributed by atoms with Gasteiger partial charge >= 0.3 is 0 Å². The molecular weight excluding hydrogens is 352 g/mol. The molecule has 6 heteroatoms. The van der Waals surface area contributed by atoms with Gasteiger partial charge in [0.1, 0.15) is 5.82 Å². The van der Waals surface area contributed by atoms with Crippen LogP contribution >= 0.6 is 0 Å². The third-order valence-electron chi connectivity index (χ3n) is 5.59. The van der Waals surface area contributed by atoms with Crippen LogP contribution < -0.4 is 11.1 Å². The first kappa shape index (κ1) is 18.2. The predicted octanol–water partition coefficient (Wildman–Crippen LogP) is 2.09. The van der Waals surface area contributed by atoms with Gasteiger partial charge in [0.15, 0.2) is 0 Å². The molecule has 2 amide bonds. The fourth-order valence-corrected chi connectivity index (χ4v) is 4.06. The Hall–Kier alpha value is -3.15. The predicted molar refractivity (Wildman–Crippen MR) is 108 cm³/mol. The number of benzene rings is 1. The SMILES string of the molecule is Nc1ccc(/C=C/C(=O)NCCC2C3CN(Cc4ccccc4)C(=O)C23)cn1. The molecule has 28 heavy (non-hydrogen) atoms. The molecule has 144 valence electrons. The van der Waals surface area contributed by atoms with Gasteiger partial charge < -0.3 is 16.0 Å². The van der Waals surface area contributed by atoms with E-state index in [-0.39, 0.29) is 17.7 Å². The zero-order valence-corrected chi connectivity index (χ0v) is 15.6. The number of nitrogens with two attached hydrogens (primary N) is 1. The molecule has 6 nitrogen and oxygen atoms in total. The quantitative estimate of drug-likeness (QED) is 0.724. The van der Waals surface area contributed by atoms with E-state index >= 15 is 0 Å². The van der Waals surface area contributed by atoms with Crippen LogP contribution in [0.5, 0.6) is 0 Å². The summed E-state index contributed by atoms with van der Waals surface area (Å²) in [6, 6.07) is 13.6. The summed E-state index contributed by atoms with van der Waals surface area (Å²) in [5.74, 6) is 1.58. The van der Waals surface area contributed by atoms with Crippen LogP contribution in [0.25, 0.3) is 6.08 Å². The van der Waals surface area contributed by atoms with Crippen molar-refractivity contribution in [2.45, 2.75) is 13.0 Å². The van der Waals surface area contributed by atoms with E-state index in [0.717, 1.165) is 18.5 Å². The Morgan fingerprint density at radius 3 is 2.75 bits per heavy atom. The van der Waals surface area contributed by atoms with Gasteiger partial charge in [-0.2, -0.15) is 0 Å². The summed E-state index contributed by atoms with van der Waals surface area (Å²) in [5, 5.41) is 2.90. The molecule has 3 atom stereocenters. The highest BCUT2D eigenvalue weighted by Crippen LogP contribution is 2.54. The Morgan fingerprint density at radius 1 is 1.25 bits per heavy atom. The van der Waals surface area contributed by atoms with Gasteiger partial charge in [0.25, 0.3) is 0 Å². The van der Waals surface area contributed by atoms with Gasteiger partial charge in [0.2, 0.25) is 11.8 Å². The number of aromatic nitrogens is 1. The third-order valence-corrected chi connectivity index (χ3v) is 5.59. The molecule has 0 bridgehead atoms. The molecule has 2 fully saturated rings. The number of nitrogen functional groups attached to an aromatic ring is 1. The summed E-state index contributed by atoms with van der Waals surface area (Å²) in [6.07, 6.45) is 5.67. The van der Waals surface area contributed by atoms with Crippen LogP contribution in [0.1, 0.15) is 17.5 Å². The average Bonchev–Trinajstić information content (AvgIpc) is 3.28. The van der Waals surface area contributed by atoms with E-state index in [1.54, 1.807) is 18.3 Å². The van der Waals surface area contributed by atoms with Crippen molar-refractivity contribution in [3.8, 4) is 0 Å². The van der Waals surface area contributed by atoms with Gasteiger partial charge in [0.05, 0.1) is 0 Å². The minimum atomic E-state index is -0.139. The highest BCUT2D eigenvalue weighted by atomic mass is 16.2. The number of carbonyl (C=O) groups excluding carboxylic acids is 2. The molecule has 4 rings (SSSR count). The molecule has 2 aliphatic rings. The van der Waals surface area contributed by atoms with Crippen molar-refractivity contribution in [3.63, 3.8) is 0 Å².